The molecule has 0 aliphatic heterocycles. The summed E-state index contributed by atoms with van der Waals surface area (Å²) >= 11 is 0. The van der Waals surface area contributed by atoms with Gasteiger partial charge in [-0.2, -0.15) is 0 Å². The fourth-order valence-electron chi connectivity index (χ4n) is 2.58. The smallest absolute Gasteiger partial charge is 0.123 e. The van der Waals surface area contributed by atoms with E-state index >= 15 is 0 Å². The Morgan fingerprint density at radius 3 is 2.84 bits per heavy atom. The third-order valence-corrected chi connectivity index (χ3v) is 3.90. The zero-order valence-electron chi connectivity index (χ0n) is 12.0. The lowest BCUT2D eigenvalue weighted by atomic mass is 9.93. The van der Waals surface area contributed by atoms with E-state index in [1.54, 1.807) is 6.07 Å². The number of benzene rings is 1. The largest absolute Gasteiger partial charge is 0.314 e. The minimum atomic E-state index is -0.111. The van der Waals surface area contributed by atoms with Crippen LogP contribution in [0.4, 0.5) is 4.39 Å². The maximum absolute atomic E-state index is 13.2. The molecule has 1 aromatic rings. The summed E-state index contributed by atoms with van der Waals surface area (Å²) in [7, 11) is 0. The van der Waals surface area contributed by atoms with Gasteiger partial charge in [-0.15, -0.1) is 0 Å². The Kier molecular flexibility index (Phi) is 5.84. The van der Waals surface area contributed by atoms with Gasteiger partial charge in [0, 0.05) is 6.04 Å². The first kappa shape index (κ1) is 14.5. The monoisotopic (exact) mass is 263 g/mol. The van der Waals surface area contributed by atoms with Crippen molar-refractivity contribution in [2.45, 2.75) is 57.9 Å². The molecule has 0 heterocycles. The van der Waals surface area contributed by atoms with Gasteiger partial charge in [-0.05, 0) is 55.8 Å². The number of unbranched alkanes of at least 4 members (excludes halogenated alkanes) is 2. The van der Waals surface area contributed by atoms with Crippen molar-refractivity contribution in [1.29, 1.82) is 0 Å². The van der Waals surface area contributed by atoms with Crippen molar-refractivity contribution in [1.82, 2.24) is 5.32 Å². The predicted molar refractivity (Wildman–Crippen MR) is 78.8 cm³/mol. The molecule has 0 bridgehead atoms. The molecule has 0 saturated heterocycles. The Labute approximate surface area is 116 Å². The average molecular weight is 263 g/mol. The second-order valence-electron chi connectivity index (χ2n) is 5.88. The molecule has 1 nitrogen and oxygen atoms in total. The standard InChI is InChI=1S/C17H26FN/c1-2-3-4-6-15(13-19-17-9-10-17)11-14-7-5-8-16(18)12-14/h5,7-8,12,15,17,19H,2-4,6,9-11,13H2,1H3. The maximum Gasteiger partial charge on any atom is 0.123 e. The first-order valence-electron chi connectivity index (χ1n) is 7.75. The molecule has 0 amide bonds. The maximum atomic E-state index is 13.2. The van der Waals surface area contributed by atoms with Gasteiger partial charge in [-0.25, -0.2) is 4.39 Å². The lowest BCUT2D eigenvalue weighted by molar-refractivity contribution is 0.422. The molecule has 1 aliphatic carbocycles. The normalized spacial score (nSPS) is 16.5. The Bertz CT molecular complexity index is 373. The van der Waals surface area contributed by atoms with Crippen molar-refractivity contribution in [3.63, 3.8) is 0 Å². The predicted octanol–water partition coefficient (Wildman–Crippen LogP) is 4.32. The van der Waals surface area contributed by atoms with Gasteiger partial charge >= 0.3 is 0 Å². The molecule has 1 saturated carbocycles. The highest BCUT2D eigenvalue weighted by atomic mass is 19.1. The molecule has 1 N–H and O–H groups in total. The summed E-state index contributed by atoms with van der Waals surface area (Å²) in [4.78, 5) is 0. The second-order valence-corrected chi connectivity index (χ2v) is 5.88. The van der Waals surface area contributed by atoms with Crippen LogP contribution in [0.25, 0.3) is 0 Å². The minimum absolute atomic E-state index is 0.111. The highest BCUT2D eigenvalue weighted by Crippen LogP contribution is 2.21. The summed E-state index contributed by atoms with van der Waals surface area (Å²) in [6.45, 7) is 3.33. The fourth-order valence-corrected chi connectivity index (χ4v) is 2.58. The van der Waals surface area contributed by atoms with Crippen molar-refractivity contribution < 1.29 is 4.39 Å². The third kappa shape index (κ3) is 5.73. The van der Waals surface area contributed by atoms with Crippen LogP contribution in [0.1, 0.15) is 51.0 Å². The van der Waals surface area contributed by atoms with Gasteiger partial charge in [-0.3, -0.25) is 0 Å². The molecule has 0 spiro atoms. The van der Waals surface area contributed by atoms with E-state index in [9.17, 15) is 4.39 Å². The van der Waals surface area contributed by atoms with Gasteiger partial charge < -0.3 is 5.32 Å². The van der Waals surface area contributed by atoms with E-state index in [1.807, 2.05) is 12.1 Å². The number of hydrogen-bond donors (Lipinski definition) is 1. The molecule has 0 radical (unpaired) electrons. The molecule has 1 aromatic carbocycles. The van der Waals surface area contributed by atoms with Crippen LogP contribution in [-0.2, 0) is 6.42 Å². The van der Waals surface area contributed by atoms with Crippen LogP contribution < -0.4 is 5.32 Å². The summed E-state index contributed by atoms with van der Waals surface area (Å²) < 4.78 is 13.2. The van der Waals surface area contributed by atoms with Crippen LogP contribution in [-0.4, -0.2) is 12.6 Å². The van der Waals surface area contributed by atoms with Crippen molar-refractivity contribution in [2.75, 3.05) is 6.54 Å². The van der Waals surface area contributed by atoms with E-state index in [1.165, 1.54) is 44.6 Å². The zero-order valence-corrected chi connectivity index (χ0v) is 12.0. The molecule has 0 aromatic heterocycles. The minimum Gasteiger partial charge on any atom is -0.314 e. The molecular formula is C17H26FN. The lowest BCUT2D eigenvalue weighted by Gasteiger charge is -2.17. The Hall–Kier alpha value is -0.890. The summed E-state index contributed by atoms with van der Waals surface area (Å²) in [5.41, 5.74) is 1.14. The summed E-state index contributed by atoms with van der Waals surface area (Å²) in [6.07, 6.45) is 8.79. The molecule has 1 unspecified atom stereocenters. The molecule has 1 fully saturated rings. The quantitative estimate of drug-likeness (QED) is 0.654. The highest BCUT2D eigenvalue weighted by molar-refractivity contribution is 5.17. The molecule has 1 aliphatic rings. The molecule has 106 valence electrons. The van der Waals surface area contributed by atoms with Gasteiger partial charge in [0.1, 0.15) is 5.82 Å². The molecular weight excluding hydrogens is 237 g/mol. The Morgan fingerprint density at radius 1 is 1.32 bits per heavy atom. The van der Waals surface area contributed by atoms with Crippen molar-refractivity contribution in [3.05, 3.63) is 35.6 Å². The van der Waals surface area contributed by atoms with E-state index in [0.717, 1.165) is 24.6 Å². The van der Waals surface area contributed by atoms with Crippen LogP contribution in [0.5, 0.6) is 0 Å². The topological polar surface area (TPSA) is 12.0 Å². The van der Waals surface area contributed by atoms with Gasteiger partial charge in [-0.1, -0.05) is 38.3 Å². The highest BCUT2D eigenvalue weighted by Gasteiger charge is 2.21. The van der Waals surface area contributed by atoms with Crippen molar-refractivity contribution >= 4 is 0 Å². The van der Waals surface area contributed by atoms with E-state index in [4.69, 9.17) is 0 Å². The van der Waals surface area contributed by atoms with E-state index in [0.29, 0.717) is 5.92 Å². The Morgan fingerprint density at radius 2 is 2.16 bits per heavy atom. The van der Waals surface area contributed by atoms with E-state index < -0.39 is 0 Å². The molecule has 2 heteroatoms. The summed E-state index contributed by atoms with van der Waals surface area (Å²) in [6, 6.07) is 7.85. The second kappa shape index (κ2) is 7.64. The van der Waals surface area contributed by atoms with Crippen molar-refractivity contribution in [2.24, 2.45) is 5.92 Å². The number of nitrogens with one attached hydrogen (secondary N) is 1. The van der Waals surface area contributed by atoms with Crippen LogP contribution in [0, 0.1) is 11.7 Å². The van der Waals surface area contributed by atoms with Gasteiger partial charge in [0.25, 0.3) is 0 Å². The lowest BCUT2D eigenvalue weighted by Crippen LogP contribution is -2.26. The van der Waals surface area contributed by atoms with Crippen LogP contribution in [0.2, 0.25) is 0 Å². The van der Waals surface area contributed by atoms with Crippen LogP contribution in [0.15, 0.2) is 24.3 Å². The van der Waals surface area contributed by atoms with Crippen LogP contribution >= 0.6 is 0 Å². The number of halogens is 1. The average Bonchev–Trinajstić information content (AvgIpc) is 3.20. The molecule has 1 atom stereocenters. The Balaban J connectivity index is 1.83. The third-order valence-electron chi connectivity index (χ3n) is 3.90. The van der Waals surface area contributed by atoms with Gasteiger partial charge in [0.15, 0.2) is 0 Å². The summed E-state index contributed by atoms with van der Waals surface area (Å²) in [5, 5.41) is 3.62. The zero-order chi connectivity index (χ0) is 13.5. The van der Waals surface area contributed by atoms with Gasteiger partial charge in [0.2, 0.25) is 0 Å². The van der Waals surface area contributed by atoms with E-state index in [-0.39, 0.29) is 5.82 Å². The number of hydrogen-bond acceptors (Lipinski definition) is 1. The van der Waals surface area contributed by atoms with Crippen LogP contribution in [0.3, 0.4) is 0 Å². The SMILES string of the molecule is CCCCCC(CNC1CC1)Cc1cccc(F)c1. The van der Waals surface area contributed by atoms with E-state index in [2.05, 4.69) is 12.2 Å². The number of rotatable bonds is 9. The molecule has 2 rings (SSSR count). The van der Waals surface area contributed by atoms with Gasteiger partial charge in [0.05, 0.1) is 0 Å². The van der Waals surface area contributed by atoms with Crippen molar-refractivity contribution in [3.8, 4) is 0 Å². The first-order valence-corrected chi connectivity index (χ1v) is 7.75. The summed E-state index contributed by atoms with van der Waals surface area (Å²) in [5.74, 6) is 0.536. The first-order chi connectivity index (χ1) is 9.28. The molecule has 19 heavy (non-hydrogen) atoms. The fraction of sp³-hybridized carbons (Fsp3) is 0.647.